The Morgan fingerprint density at radius 1 is 1.37 bits per heavy atom. The minimum Gasteiger partial charge on any atom is -0.379 e. The van der Waals surface area contributed by atoms with E-state index in [1.807, 2.05) is 16.3 Å². The number of rotatable bonds is 2. The molecule has 0 bridgehead atoms. The van der Waals surface area contributed by atoms with Crippen molar-refractivity contribution < 1.29 is 9.53 Å². The van der Waals surface area contributed by atoms with Gasteiger partial charge in [0.1, 0.15) is 0 Å². The third kappa shape index (κ3) is 3.12. The van der Waals surface area contributed by atoms with Crippen molar-refractivity contribution in [3.63, 3.8) is 0 Å². The van der Waals surface area contributed by atoms with Gasteiger partial charge in [-0.2, -0.15) is 0 Å². The van der Waals surface area contributed by atoms with Crippen molar-refractivity contribution >= 4 is 39.8 Å². The average molecular weight is 392 g/mol. The molecule has 1 unspecified atom stereocenters. The molecule has 1 aromatic heterocycles. The molecule has 19 heavy (non-hydrogen) atoms. The average Bonchev–Trinajstić information content (AvgIpc) is 3.08. The van der Waals surface area contributed by atoms with Crippen LogP contribution in [-0.4, -0.2) is 61.1 Å². The fraction of sp³-hybridized carbons (Fsp3) is 0.615. The first-order chi connectivity index (χ1) is 9.24. The van der Waals surface area contributed by atoms with Gasteiger partial charge in [-0.05, 0) is 35.1 Å². The summed E-state index contributed by atoms with van der Waals surface area (Å²) in [6.45, 7) is 5.41. The number of ether oxygens (including phenoxy) is 1. The highest BCUT2D eigenvalue weighted by Gasteiger charge is 2.31. The molecular formula is C13H17IN2O2S. The summed E-state index contributed by atoms with van der Waals surface area (Å²) < 4.78 is 6.56. The SMILES string of the molecule is O=C(c1csc(I)c1)N1CCC(N2CCOCC2)C1. The number of carbonyl (C=O) groups is 1. The van der Waals surface area contributed by atoms with E-state index in [0.717, 1.165) is 51.4 Å². The summed E-state index contributed by atoms with van der Waals surface area (Å²) in [5.74, 6) is 0.190. The molecule has 0 aromatic carbocycles. The van der Waals surface area contributed by atoms with Gasteiger partial charge in [0.05, 0.1) is 21.7 Å². The zero-order chi connectivity index (χ0) is 13.2. The van der Waals surface area contributed by atoms with Crippen molar-refractivity contribution in [1.82, 2.24) is 9.80 Å². The molecule has 1 aromatic rings. The van der Waals surface area contributed by atoms with E-state index in [9.17, 15) is 4.79 Å². The number of nitrogens with zero attached hydrogens (tertiary/aromatic N) is 2. The van der Waals surface area contributed by atoms with Crippen LogP contribution in [0.1, 0.15) is 16.8 Å². The number of amides is 1. The highest BCUT2D eigenvalue weighted by atomic mass is 127. The van der Waals surface area contributed by atoms with E-state index in [1.54, 1.807) is 11.3 Å². The fourth-order valence-corrected chi connectivity index (χ4v) is 4.09. The quantitative estimate of drug-likeness (QED) is 0.721. The number of morpholine rings is 1. The van der Waals surface area contributed by atoms with Gasteiger partial charge in [0.2, 0.25) is 0 Å². The minimum absolute atomic E-state index is 0.190. The molecule has 3 rings (SSSR count). The van der Waals surface area contributed by atoms with Crippen LogP contribution in [0.15, 0.2) is 11.4 Å². The Morgan fingerprint density at radius 2 is 2.16 bits per heavy atom. The number of hydrogen-bond donors (Lipinski definition) is 0. The molecule has 1 atom stereocenters. The molecular weight excluding hydrogens is 375 g/mol. The first-order valence-electron chi connectivity index (χ1n) is 6.59. The lowest BCUT2D eigenvalue weighted by atomic mass is 10.2. The zero-order valence-corrected chi connectivity index (χ0v) is 13.7. The Kier molecular flexibility index (Phi) is 4.40. The Bertz CT molecular complexity index is 459. The van der Waals surface area contributed by atoms with E-state index in [4.69, 9.17) is 4.74 Å². The van der Waals surface area contributed by atoms with E-state index in [2.05, 4.69) is 27.5 Å². The van der Waals surface area contributed by atoms with E-state index < -0.39 is 0 Å². The normalized spacial score (nSPS) is 24.9. The van der Waals surface area contributed by atoms with Gasteiger partial charge in [-0.15, -0.1) is 11.3 Å². The van der Waals surface area contributed by atoms with E-state index in [0.29, 0.717) is 6.04 Å². The van der Waals surface area contributed by atoms with E-state index in [1.165, 1.54) is 2.88 Å². The van der Waals surface area contributed by atoms with Crippen LogP contribution in [0.5, 0.6) is 0 Å². The maximum absolute atomic E-state index is 12.4. The fourth-order valence-electron chi connectivity index (χ4n) is 2.77. The summed E-state index contributed by atoms with van der Waals surface area (Å²) >= 11 is 3.89. The second-order valence-corrected chi connectivity index (χ2v) is 7.79. The van der Waals surface area contributed by atoms with Gasteiger partial charge in [0.25, 0.3) is 5.91 Å². The van der Waals surface area contributed by atoms with Gasteiger partial charge in [0, 0.05) is 37.6 Å². The number of likely N-dealkylation sites (tertiary alicyclic amines) is 1. The molecule has 0 N–H and O–H groups in total. The lowest BCUT2D eigenvalue weighted by Crippen LogP contribution is -2.45. The molecule has 0 radical (unpaired) electrons. The minimum atomic E-state index is 0.190. The van der Waals surface area contributed by atoms with Crippen LogP contribution in [-0.2, 0) is 4.74 Å². The predicted octanol–water partition coefficient (Wildman–Crippen LogP) is 1.90. The Balaban J connectivity index is 1.60. The molecule has 2 aliphatic rings. The van der Waals surface area contributed by atoms with Crippen LogP contribution < -0.4 is 0 Å². The molecule has 0 spiro atoms. The van der Waals surface area contributed by atoms with Crippen molar-refractivity contribution in [2.75, 3.05) is 39.4 Å². The number of carbonyl (C=O) groups excluding carboxylic acids is 1. The van der Waals surface area contributed by atoms with Gasteiger partial charge < -0.3 is 9.64 Å². The maximum atomic E-state index is 12.4. The standard InChI is InChI=1S/C13H17IN2O2S/c14-12-7-10(9-19-12)13(17)16-2-1-11(8-16)15-3-5-18-6-4-15/h7,9,11H,1-6,8H2. The molecule has 2 aliphatic heterocycles. The van der Waals surface area contributed by atoms with Crippen LogP contribution in [0, 0.1) is 2.88 Å². The molecule has 2 fully saturated rings. The van der Waals surface area contributed by atoms with Crippen molar-refractivity contribution in [3.05, 3.63) is 19.9 Å². The van der Waals surface area contributed by atoms with Crippen molar-refractivity contribution in [2.24, 2.45) is 0 Å². The second kappa shape index (κ2) is 6.07. The summed E-state index contributed by atoms with van der Waals surface area (Å²) in [5, 5.41) is 1.96. The van der Waals surface area contributed by atoms with Gasteiger partial charge in [-0.1, -0.05) is 0 Å². The van der Waals surface area contributed by atoms with E-state index >= 15 is 0 Å². The Morgan fingerprint density at radius 3 is 2.84 bits per heavy atom. The predicted molar refractivity (Wildman–Crippen MR) is 83.7 cm³/mol. The monoisotopic (exact) mass is 392 g/mol. The van der Waals surface area contributed by atoms with Crippen LogP contribution in [0.2, 0.25) is 0 Å². The smallest absolute Gasteiger partial charge is 0.254 e. The zero-order valence-electron chi connectivity index (χ0n) is 10.7. The Hall–Kier alpha value is -0.180. The van der Waals surface area contributed by atoms with Gasteiger partial charge in [0.15, 0.2) is 0 Å². The molecule has 6 heteroatoms. The second-order valence-electron chi connectivity index (χ2n) is 4.98. The molecule has 1 amide bonds. The van der Waals surface area contributed by atoms with Crippen LogP contribution in [0.4, 0.5) is 0 Å². The first kappa shape index (κ1) is 13.8. The molecule has 2 saturated heterocycles. The lowest BCUT2D eigenvalue weighted by Gasteiger charge is -2.32. The number of halogens is 1. The lowest BCUT2D eigenvalue weighted by molar-refractivity contribution is 0.0185. The molecule has 4 nitrogen and oxygen atoms in total. The van der Waals surface area contributed by atoms with Crippen molar-refractivity contribution in [3.8, 4) is 0 Å². The van der Waals surface area contributed by atoms with Crippen LogP contribution in [0.25, 0.3) is 0 Å². The number of hydrogen-bond acceptors (Lipinski definition) is 4. The Labute approximate surface area is 130 Å². The van der Waals surface area contributed by atoms with Crippen LogP contribution >= 0.6 is 33.9 Å². The topological polar surface area (TPSA) is 32.8 Å². The van der Waals surface area contributed by atoms with Crippen molar-refractivity contribution in [1.29, 1.82) is 0 Å². The number of thiophene rings is 1. The summed E-state index contributed by atoms with van der Waals surface area (Å²) in [4.78, 5) is 16.8. The van der Waals surface area contributed by atoms with Crippen LogP contribution in [0.3, 0.4) is 0 Å². The van der Waals surface area contributed by atoms with Crippen molar-refractivity contribution in [2.45, 2.75) is 12.5 Å². The van der Waals surface area contributed by atoms with Gasteiger partial charge in [-0.3, -0.25) is 9.69 Å². The molecule has 104 valence electrons. The summed E-state index contributed by atoms with van der Waals surface area (Å²) in [5.41, 5.74) is 0.844. The summed E-state index contributed by atoms with van der Waals surface area (Å²) in [6.07, 6.45) is 1.09. The largest absolute Gasteiger partial charge is 0.379 e. The molecule has 0 saturated carbocycles. The third-order valence-corrected chi connectivity index (χ3v) is 5.62. The highest BCUT2D eigenvalue weighted by molar-refractivity contribution is 14.1. The summed E-state index contributed by atoms with van der Waals surface area (Å²) in [7, 11) is 0. The molecule has 3 heterocycles. The molecule has 0 aliphatic carbocycles. The first-order valence-corrected chi connectivity index (χ1v) is 8.55. The van der Waals surface area contributed by atoms with Gasteiger partial charge >= 0.3 is 0 Å². The summed E-state index contributed by atoms with van der Waals surface area (Å²) in [6, 6.07) is 2.50. The van der Waals surface area contributed by atoms with E-state index in [-0.39, 0.29) is 5.91 Å². The highest BCUT2D eigenvalue weighted by Crippen LogP contribution is 2.22. The maximum Gasteiger partial charge on any atom is 0.254 e. The van der Waals surface area contributed by atoms with Gasteiger partial charge in [-0.25, -0.2) is 0 Å². The third-order valence-electron chi connectivity index (χ3n) is 3.83.